The van der Waals surface area contributed by atoms with Crippen LogP contribution < -0.4 is 5.32 Å². The number of thiophene rings is 1. The molecule has 17 heavy (non-hydrogen) atoms. The predicted molar refractivity (Wildman–Crippen MR) is 79.0 cm³/mol. The van der Waals surface area contributed by atoms with E-state index in [9.17, 15) is 0 Å². The number of nitrogens with zero attached hydrogens (tertiary/aromatic N) is 1. The highest BCUT2D eigenvalue weighted by Gasteiger charge is 2.12. The monoisotopic (exact) mass is 350 g/mol. The number of aromatic nitrogens is 1. The summed E-state index contributed by atoms with van der Waals surface area (Å²) >= 11 is 12.7. The molecule has 0 saturated heterocycles. The Morgan fingerprint density at radius 1 is 1.59 bits per heavy atom. The molecule has 1 N–H and O–H groups in total. The average Bonchev–Trinajstić information content (AvgIpc) is 2.92. The fraction of sp³-hybridized carbons (Fsp3) is 0.364. The molecular formula is C11H12BrClN2S2. The molecule has 2 heterocycles. The largest absolute Gasteiger partial charge is 0.303 e. The maximum atomic E-state index is 6.01. The molecule has 2 nitrogen and oxygen atoms in total. The summed E-state index contributed by atoms with van der Waals surface area (Å²) in [6, 6.07) is 2.39. The summed E-state index contributed by atoms with van der Waals surface area (Å²) in [4.78, 5) is 5.58. The van der Waals surface area contributed by atoms with Gasteiger partial charge in [-0.3, -0.25) is 0 Å². The van der Waals surface area contributed by atoms with E-state index in [1.807, 2.05) is 11.6 Å². The molecule has 0 aliphatic heterocycles. The Hall–Kier alpha value is 0.0600. The molecule has 0 amide bonds. The Morgan fingerprint density at radius 3 is 2.94 bits per heavy atom. The summed E-state index contributed by atoms with van der Waals surface area (Å²) in [6.45, 7) is 2.99. The van der Waals surface area contributed by atoms with E-state index in [0.29, 0.717) is 6.04 Å². The zero-order valence-corrected chi connectivity index (χ0v) is 13.2. The maximum absolute atomic E-state index is 6.01. The molecular weight excluding hydrogens is 340 g/mol. The molecule has 1 atom stereocenters. The van der Waals surface area contributed by atoms with E-state index in [1.54, 1.807) is 22.7 Å². The van der Waals surface area contributed by atoms with E-state index in [0.717, 1.165) is 26.8 Å². The average molecular weight is 352 g/mol. The van der Waals surface area contributed by atoms with Crippen LogP contribution in [0.3, 0.4) is 0 Å². The minimum absolute atomic E-state index is 0.328. The number of thiazole rings is 1. The molecule has 6 heteroatoms. The van der Waals surface area contributed by atoms with Crippen molar-refractivity contribution in [3.05, 3.63) is 36.3 Å². The highest BCUT2D eigenvalue weighted by atomic mass is 79.9. The van der Waals surface area contributed by atoms with Crippen LogP contribution in [0.25, 0.3) is 0 Å². The normalized spacial score (nSPS) is 12.9. The van der Waals surface area contributed by atoms with Crippen molar-refractivity contribution in [2.75, 3.05) is 0 Å². The van der Waals surface area contributed by atoms with Crippen molar-refractivity contribution in [2.24, 2.45) is 0 Å². The molecule has 2 rings (SSSR count). The fourth-order valence-corrected chi connectivity index (χ4v) is 4.05. The van der Waals surface area contributed by atoms with Gasteiger partial charge in [-0.25, -0.2) is 4.98 Å². The van der Waals surface area contributed by atoms with Crippen molar-refractivity contribution in [2.45, 2.75) is 25.9 Å². The molecule has 0 aromatic carbocycles. The highest BCUT2D eigenvalue weighted by Crippen LogP contribution is 2.32. The van der Waals surface area contributed by atoms with Gasteiger partial charge in [-0.05, 0) is 28.4 Å². The van der Waals surface area contributed by atoms with Gasteiger partial charge in [0.1, 0.15) is 9.34 Å². The lowest BCUT2D eigenvalue weighted by Crippen LogP contribution is -2.19. The van der Waals surface area contributed by atoms with Crippen molar-refractivity contribution in [3.8, 4) is 0 Å². The quantitative estimate of drug-likeness (QED) is 0.832. The first-order valence-electron chi connectivity index (χ1n) is 5.27. The molecule has 92 valence electrons. The van der Waals surface area contributed by atoms with Crippen molar-refractivity contribution in [3.63, 3.8) is 0 Å². The Labute approximate surface area is 122 Å². The number of nitrogens with one attached hydrogen (secondary N) is 1. The van der Waals surface area contributed by atoms with E-state index in [2.05, 4.69) is 39.2 Å². The van der Waals surface area contributed by atoms with Gasteiger partial charge in [0.25, 0.3) is 0 Å². The van der Waals surface area contributed by atoms with Crippen molar-refractivity contribution >= 4 is 50.2 Å². The zero-order valence-electron chi connectivity index (χ0n) is 9.24. The van der Waals surface area contributed by atoms with Crippen LogP contribution in [0.2, 0.25) is 4.34 Å². The standard InChI is InChI=1S/C11H12BrClN2S2/c1-2-9(11-14-3-4-16-11)15-6-7-5-8(12)10(13)17-7/h3-5,9,15H,2,6H2,1H3. The SMILES string of the molecule is CCC(NCc1cc(Br)c(Cl)s1)c1nccs1. The minimum atomic E-state index is 0.328. The van der Waals surface area contributed by atoms with Gasteiger partial charge in [0.15, 0.2) is 0 Å². The van der Waals surface area contributed by atoms with E-state index in [1.165, 1.54) is 4.88 Å². The second kappa shape index (κ2) is 6.29. The molecule has 0 spiro atoms. The molecule has 0 radical (unpaired) electrons. The minimum Gasteiger partial charge on any atom is -0.303 e. The first-order chi connectivity index (χ1) is 8.20. The van der Waals surface area contributed by atoms with Crippen LogP contribution in [0.15, 0.2) is 22.1 Å². The Kier molecular flexibility index (Phi) is 4.99. The van der Waals surface area contributed by atoms with E-state index in [-0.39, 0.29) is 0 Å². The fourth-order valence-electron chi connectivity index (χ4n) is 1.52. The lowest BCUT2D eigenvalue weighted by Gasteiger charge is -2.13. The van der Waals surface area contributed by atoms with Gasteiger partial charge in [-0.2, -0.15) is 0 Å². The molecule has 1 unspecified atom stereocenters. The Balaban J connectivity index is 1.97. The lowest BCUT2D eigenvalue weighted by atomic mass is 10.2. The summed E-state index contributed by atoms with van der Waals surface area (Å²) < 4.78 is 1.78. The number of hydrogen-bond donors (Lipinski definition) is 1. The van der Waals surface area contributed by atoms with Crippen LogP contribution in [0.1, 0.15) is 29.3 Å². The van der Waals surface area contributed by atoms with E-state index in [4.69, 9.17) is 11.6 Å². The summed E-state index contributed by atoms with van der Waals surface area (Å²) in [5.41, 5.74) is 0. The summed E-state index contributed by atoms with van der Waals surface area (Å²) in [5, 5.41) is 6.67. The van der Waals surface area contributed by atoms with Crippen LogP contribution in [0, 0.1) is 0 Å². The Bertz CT molecular complexity index is 450. The van der Waals surface area contributed by atoms with Gasteiger partial charge in [-0.15, -0.1) is 22.7 Å². The van der Waals surface area contributed by atoms with Crippen LogP contribution >= 0.6 is 50.2 Å². The lowest BCUT2D eigenvalue weighted by molar-refractivity contribution is 0.519. The van der Waals surface area contributed by atoms with Crippen LogP contribution in [0.4, 0.5) is 0 Å². The maximum Gasteiger partial charge on any atom is 0.109 e. The molecule has 0 aliphatic rings. The Morgan fingerprint density at radius 2 is 2.41 bits per heavy atom. The first-order valence-corrected chi connectivity index (χ1v) is 8.14. The third kappa shape index (κ3) is 3.51. The molecule has 2 aromatic rings. The van der Waals surface area contributed by atoms with Crippen molar-refractivity contribution in [1.82, 2.24) is 10.3 Å². The second-order valence-electron chi connectivity index (χ2n) is 3.55. The molecule has 0 bridgehead atoms. The number of rotatable bonds is 5. The van der Waals surface area contributed by atoms with Gasteiger partial charge in [0.05, 0.1) is 6.04 Å². The van der Waals surface area contributed by atoms with Gasteiger partial charge in [0.2, 0.25) is 0 Å². The van der Waals surface area contributed by atoms with Crippen LogP contribution in [-0.4, -0.2) is 4.98 Å². The number of hydrogen-bond acceptors (Lipinski definition) is 4. The van der Waals surface area contributed by atoms with Gasteiger partial charge in [-0.1, -0.05) is 18.5 Å². The molecule has 0 fully saturated rings. The van der Waals surface area contributed by atoms with Crippen LogP contribution in [0.5, 0.6) is 0 Å². The third-order valence-corrected chi connectivity index (χ3v) is 5.74. The third-order valence-electron chi connectivity index (χ3n) is 2.38. The number of halogens is 2. The summed E-state index contributed by atoms with van der Waals surface area (Å²) in [6.07, 6.45) is 2.89. The summed E-state index contributed by atoms with van der Waals surface area (Å²) in [7, 11) is 0. The van der Waals surface area contributed by atoms with E-state index >= 15 is 0 Å². The van der Waals surface area contributed by atoms with Crippen molar-refractivity contribution in [1.29, 1.82) is 0 Å². The van der Waals surface area contributed by atoms with Gasteiger partial charge in [0, 0.05) is 27.5 Å². The van der Waals surface area contributed by atoms with Crippen molar-refractivity contribution < 1.29 is 0 Å². The highest BCUT2D eigenvalue weighted by molar-refractivity contribution is 9.10. The molecule has 0 saturated carbocycles. The zero-order chi connectivity index (χ0) is 12.3. The second-order valence-corrected chi connectivity index (χ2v) is 7.07. The molecule has 2 aromatic heterocycles. The predicted octanol–water partition coefficient (Wildman–Crippen LogP) is 4.86. The van der Waals surface area contributed by atoms with Crippen LogP contribution in [-0.2, 0) is 6.54 Å². The van der Waals surface area contributed by atoms with E-state index < -0.39 is 0 Å². The smallest absolute Gasteiger partial charge is 0.109 e. The molecule has 0 aliphatic carbocycles. The van der Waals surface area contributed by atoms with Gasteiger partial charge >= 0.3 is 0 Å². The first kappa shape index (κ1) is 13.5. The van der Waals surface area contributed by atoms with Gasteiger partial charge < -0.3 is 5.32 Å². The topological polar surface area (TPSA) is 24.9 Å². The summed E-state index contributed by atoms with van der Waals surface area (Å²) in [5.74, 6) is 0.